The fourth-order valence-corrected chi connectivity index (χ4v) is 2.78. The highest BCUT2D eigenvalue weighted by molar-refractivity contribution is 6.34. The Hall–Kier alpha value is -2.36. The standard InChI is InChI=1S/C20H20ClN3/c1-24-14-16(12-22-18-8-4-2-5-9-18)20(21)17(15-24)13-23-19-10-6-3-7-11-19/h2-13,22H,14-15H2,1H3/b16-12+,23-13+. The number of hydrogen-bond acceptors (Lipinski definition) is 3. The van der Waals surface area contributed by atoms with Crippen molar-refractivity contribution in [1.82, 2.24) is 4.90 Å². The van der Waals surface area contributed by atoms with Gasteiger partial charge in [-0.3, -0.25) is 9.89 Å². The molecule has 122 valence electrons. The molecule has 0 amide bonds. The van der Waals surface area contributed by atoms with Crippen molar-refractivity contribution in [3.63, 3.8) is 0 Å². The molecule has 2 aromatic rings. The van der Waals surface area contributed by atoms with Crippen LogP contribution in [0.4, 0.5) is 11.4 Å². The predicted molar refractivity (Wildman–Crippen MR) is 103 cm³/mol. The lowest BCUT2D eigenvalue weighted by Crippen LogP contribution is -2.29. The molecule has 3 rings (SSSR count). The van der Waals surface area contributed by atoms with Crippen molar-refractivity contribution in [2.24, 2.45) is 4.99 Å². The molecule has 1 heterocycles. The highest BCUT2D eigenvalue weighted by Gasteiger charge is 2.18. The Balaban J connectivity index is 1.81. The second-order valence-electron chi connectivity index (χ2n) is 5.79. The molecule has 0 fully saturated rings. The third-order valence-corrected chi connectivity index (χ3v) is 4.24. The van der Waals surface area contributed by atoms with Crippen LogP contribution in [0.5, 0.6) is 0 Å². The van der Waals surface area contributed by atoms with Crippen molar-refractivity contribution < 1.29 is 0 Å². The van der Waals surface area contributed by atoms with Gasteiger partial charge in [-0.1, -0.05) is 48.0 Å². The third-order valence-electron chi connectivity index (χ3n) is 3.76. The summed E-state index contributed by atoms with van der Waals surface area (Å²) in [5.41, 5.74) is 4.05. The van der Waals surface area contributed by atoms with E-state index in [1.807, 2.05) is 73.1 Å². The van der Waals surface area contributed by atoms with Gasteiger partial charge in [0.05, 0.1) is 10.7 Å². The SMILES string of the molecule is CN1CC(/C=N/c2ccccc2)=C(Cl)C(=C/Nc2ccccc2)/C1. The van der Waals surface area contributed by atoms with Crippen LogP contribution >= 0.6 is 11.6 Å². The van der Waals surface area contributed by atoms with E-state index in [9.17, 15) is 0 Å². The molecule has 0 radical (unpaired) electrons. The number of nitrogens with zero attached hydrogens (tertiary/aromatic N) is 2. The maximum absolute atomic E-state index is 6.60. The molecule has 0 aromatic heterocycles. The van der Waals surface area contributed by atoms with Crippen molar-refractivity contribution in [1.29, 1.82) is 0 Å². The molecule has 2 aromatic carbocycles. The molecule has 0 atom stereocenters. The zero-order valence-corrected chi connectivity index (χ0v) is 14.4. The topological polar surface area (TPSA) is 27.6 Å². The summed E-state index contributed by atoms with van der Waals surface area (Å²) in [4.78, 5) is 6.74. The molecule has 3 nitrogen and oxygen atoms in total. The van der Waals surface area contributed by atoms with E-state index in [1.165, 1.54) is 0 Å². The Bertz CT molecular complexity index is 764. The Morgan fingerprint density at radius 2 is 1.67 bits per heavy atom. The van der Waals surface area contributed by atoms with E-state index in [0.29, 0.717) is 0 Å². The number of anilines is 1. The van der Waals surface area contributed by atoms with Crippen LogP contribution in [0.25, 0.3) is 0 Å². The second kappa shape index (κ2) is 7.95. The fourth-order valence-electron chi connectivity index (χ4n) is 2.56. The van der Waals surface area contributed by atoms with Gasteiger partial charge >= 0.3 is 0 Å². The van der Waals surface area contributed by atoms with Gasteiger partial charge in [0.25, 0.3) is 0 Å². The Kier molecular flexibility index (Phi) is 5.47. The summed E-state index contributed by atoms with van der Waals surface area (Å²) in [6.45, 7) is 1.60. The van der Waals surface area contributed by atoms with Crippen molar-refractivity contribution >= 4 is 29.2 Å². The molecule has 1 N–H and O–H groups in total. The maximum atomic E-state index is 6.60. The van der Waals surface area contributed by atoms with Crippen LogP contribution < -0.4 is 5.32 Å². The van der Waals surface area contributed by atoms with E-state index in [0.717, 1.165) is 40.6 Å². The van der Waals surface area contributed by atoms with Gasteiger partial charge in [0.15, 0.2) is 0 Å². The zero-order chi connectivity index (χ0) is 16.8. The van der Waals surface area contributed by atoms with E-state index in [-0.39, 0.29) is 0 Å². The van der Waals surface area contributed by atoms with Gasteiger partial charge in [-0.15, -0.1) is 0 Å². The number of nitrogens with one attached hydrogen (secondary N) is 1. The molecule has 0 spiro atoms. The van der Waals surface area contributed by atoms with Gasteiger partial charge in [0.1, 0.15) is 0 Å². The maximum Gasteiger partial charge on any atom is 0.0629 e. The molecule has 0 aliphatic carbocycles. The Labute approximate surface area is 148 Å². The van der Waals surface area contributed by atoms with Crippen LogP contribution in [0.15, 0.2) is 88.0 Å². The number of hydrogen-bond donors (Lipinski definition) is 1. The highest BCUT2D eigenvalue weighted by atomic mass is 35.5. The molecule has 0 saturated carbocycles. The average Bonchev–Trinajstić information content (AvgIpc) is 2.62. The largest absolute Gasteiger partial charge is 0.361 e. The number of benzene rings is 2. The summed E-state index contributed by atoms with van der Waals surface area (Å²) in [5.74, 6) is 0. The number of likely N-dealkylation sites (N-methyl/N-ethyl adjacent to an activating group) is 1. The van der Waals surface area contributed by atoms with E-state index < -0.39 is 0 Å². The molecule has 1 aliphatic rings. The van der Waals surface area contributed by atoms with Gasteiger partial charge < -0.3 is 5.32 Å². The van der Waals surface area contributed by atoms with Crippen molar-refractivity contribution in [3.8, 4) is 0 Å². The van der Waals surface area contributed by atoms with Gasteiger partial charge in [0.2, 0.25) is 0 Å². The van der Waals surface area contributed by atoms with E-state index in [1.54, 1.807) is 0 Å². The lowest BCUT2D eigenvalue weighted by molar-refractivity contribution is 0.391. The van der Waals surface area contributed by atoms with Crippen molar-refractivity contribution in [2.45, 2.75) is 0 Å². The molecular formula is C20H20ClN3. The molecule has 24 heavy (non-hydrogen) atoms. The van der Waals surface area contributed by atoms with Gasteiger partial charge in [-0.25, -0.2) is 0 Å². The molecular weight excluding hydrogens is 318 g/mol. The molecule has 0 bridgehead atoms. The molecule has 0 saturated heterocycles. The monoisotopic (exact) mass is 337 g/mol. The summed E-state index contributed by atoms with van der Waals surface area (Å²) in [7, 11) is 2.08. The van der Waals surface area contributed by atoms with Gasteiger partial charge in [-0.2, -0.15) is 0 Å². The van der Waals surface area contributed by atoms with Crippen LogP contribution in [-0.4, -0.2) is 31.3 Å². The van der Waals surface area contributed by atoms with Crippen LogP contribution in [-0.2, 0) is 0 Å². The fraction of sp³-hybridized carbons (Fsp3) is 0.150. The number of halogens is 1. The lowest BCUT2D eigenvalue weighted by Gasteiger charge is -2.26. The van der Waals surface area contributed by atoms with Crippen LogP contribution in [0.3, 0.4) is 0 Å². The van der Waals surface area contributed by atoms with E-state index >= 15 is 0 Å². The first-order valence-corrected chi connectivity index (χ1v) is 8.27. The first-order chi connectivity index (χ1) is 11.7. The quantitative estimate of drug-likeness (QED) is 0.810. The third kappa shape index (κ3) is 4.34. The van der Waals surface area contributed by atoms with Crippen molar-refractivity contribution in [2.75, 3.05) is 25.5 Å². The van der Waals surface area contributed by atoms with E-state index in [4.69, 9.17) is 11.6 Å². The second-order valence-corrected chi connectivity index (χ2v) is 6.16. The summed E-state index contributed by atoms with van der Waals surface area (Å²) in [5, 5.41) is 4.08. The summed E-state index contributed by atoms with van der Waals surface area (Å²) < 4.78 is 0. The number of aliphatic imine (C=N–C) groups is 1. The summed E-state index contributed by atoms with van der Waals surface area (Å²) in [6, 6.07) is 19.9. The van der Waals surface area contributed by atoms with Gasteiger partial charge in [-0.05, 0) is 31.3 Å². The minimum absolute atomic E-state index is 0.774. The summed E-state index contributed by atoms with van der Waals surface area (Å²) in [6.07, 6.45) is 3.84. The summed E-state index contributed by atoms with van der Waals surface area (Å²) >= 11 is 6.60. The first-order valence-electron chi connectivity index (χ1n) is 7.89. The molecule has 0 unspecified atom stereocenters. The Morgan fingerprint density at radius 1 is 1.00 bits per heavy atom. The number of para-hydroxylation sites is 2. The van der Waals surface area contributed by atoms with Gasteiger partial charge in [0, 0.05) is 42.3 Å². The molecule has 4 heteroatoms. The molecule has 1 aliphatic heterocycles. The Morgan fingerprint density at radius 3 is 2.38 bits per heavy atom. The minimum atomic E-state index is 0.774. The highest BCUT2D eigenvalue weighted by Crippen LogP contribution is 2.25. The van der Waals surface area contributed by atoms with Crippen LogP contribution in [0.1, 0.15) is 0 Å². The predicted octanol–water partition coefficient (Wildman–Crippen LogP) is 4.82. The van der Waals surface area contributed by atoms with Crippen LogP contribution in [0.2, 0.25) is 0 Å². The lowest BCUT2D eigenvalue weighted by atomic mass is 10.1. The number of rotatable bonds is 4. The average molecular weight is 338 g/mol. The van der Waals surface area contributed by atoms with Crippen molar-refractivity contribution in [3.05, 3.63) is 83.0 Å². The first kappa shape index (κ1) is 16.5. The normalized spacial score (nSPS) is 17.7. The smallest absolute Gasteiger partial charge is 0.0629 e. The minimum Gasteiger partial charge on any atom is -0.361 e. The zero-order valence-electron chi connectivity index (χ0n) is 13.6. The van der Waals surface area contributed by atoms with E-state index in [2.05, 4.69) is 22.3 Å². The van der Waals surface area contributed by atoms with Crippen LogP contribution in [0, 0.1) is 0 Å².